The number of aromatic nitrogens is 4. The number of methoxy groups -OCH3 is 1. The van der Waals surface area contributed by atoms with Crippen molar-refractivity contribution in [2.45, 2.75) is 24.5 Å². The van der Waals surface area contributed by atoms with E-state index < -0.39 is 11.4 Å². The Hall–Kier alpha value is -4.05. The highest BCUT2D eigenvalue weighted by Gasteiger charge is 2.15. The van der Waals surface area contributed by atoms with E-state index in [0.717, 1.165) is 26.2 Å². The molecular weight excluding hydrogens is 464 g/mol. The van der Waals surface area contributed by atoms with Gasteiger partial charge in [-0.15, -0.1) is 11.8 Å². The predicted octanol–water partition coefficient (Wildman–Crippen LogP) is 2.82. The Morgan fingerprint density at radius 3 is 2.26 bits per heavy atom. The lowest BCUT2D eigenvalue weighted by Gasteiger charge is -2.16. The Morgan fingerprint density at radius 2 is 1.63 bits per heavy atom. The summed E-state index contributed by atoms with van der Waals surface area (Å²) in [6, 6.07) is 18.7. The van der Waals surface area contributed by atoms with Crippen molar-refractivity contribution in [3.8, 4) is 5.75 Å². The largest absolute Gasteiger partial charge is 0.497 e. The van der Waals surface area contributed by atoms with Crippen molar-refractivity contribution in [1.82, 2.24) is 19.1 Å². The fourth-order valence-electron chi connectivity index (χ4n) is 3.54. The Bertz CT molecular complexity index is 1420. The molecule has 0 aliphatic rings. The smallest absolute Gasteiger partial charge is 0.355 e. The first-order valence-electron chi connectivity index (χ1n) is 10.9. The first kappa shape index (κ1) is 24.1. The van der Waals surface area contributed by atoms with Crippen LogP contribution in [0, 0.1) is 0 Å². The van der Waals surface area contributed by atoms with Crippen LogP contribution in [0.25, 0.3) is 0 Å². The topological polar surface area (TPSA) is 117 Å². The second-order valence-corrected chi connectivity index (χ2v) is 8.65. The average Bonchev–Trinajstić information content (AvgIpc) is 2.88. The lowest BCUT2D eigenvalue weighted by molar-refractivity contribution is 0.414. The van der Waals surface area contributed by atoms with E-state index >= 15 is 0 Å². The first-order chi connectivity index (χ1) is 17.0. The van der Waals surface area contributed by atoms with E-state index in [1.807, 2.05) is 48.7 Å². The van der Waals surface area contributed by atoms with Gasteiger partial charge in [-0.2, -0.15) is 4.98 Å². The van der Waals surface area contributed by atoms with Gasteiger partial charge in [-0.3, -0.25) is 4.57 Å². The van der Waals surface area contributed by atoms with Crippen LogP contribution in [0.1, 0.15) is 16.7 Å². The van der Waals surface area contributed by atoms with E-state index in [9.17, 15) is 9.59 Å². The van der Waals surface area contributed by atoms with E-state index in [0.29, 0.717) is 11.6 Å². The van der Waals surface area contributed by atoms with Crippen LogP contribution in [-0.4, -0.2) is 32.5 Å². The molecule has 4 aromatic rings. The van der Waals surface area contributed by atoms with Gasteiger partial charge in [0.15, 0.2) is 0 Å². The van der Waals surface area contributed by atoms with Gasteiger partial charge in [0.05, 0.1) is 20.2 Å². The summed E-state index contributed by atoms with van der Waals surface area (Å²) in [5.41, 5.74) is 7.28. The van der Waals surface area contributed by atoms with E-state index in [1.54, 1.807) is 43.3 Å². The number of nitrogens with zero attached hydrogens (tertiary/aromatic N) is 4. The predicted molar refractivity (Wildman–Crippen MR) is 138 cm³/mol. The van der Waals surface area contributed by atoms with Crippen LogP contribution in [0.4, 0.5) is 11.8 Å². The second-order valence-electron chi connectivity index (χ2n) is 7.77. The summed E-state index contributed by atoms with van der Waals surface area (Å²) in [6.45, 7) is 0.601. The van der Waals surface area contributed by atoms with E-state index in [1.165, 1.54) is 4.57 Å². The van der Waals surface area contributed by atoms with Crippen LogP contribution in [0.3, 0.4) is 0 Å². The van der Waals surface area contributed by atoms with Crippen LogP contribution in [0.2, 0.25) is 0 Å². The van der Waals surface area contributed by atoms with Crippen molar-refractivity contribution < 1.29 is 4.74 Å². The van der Waals surface area contributed by atoms with Gasteiger partial charge in [-0.05, 0) is 47.7 Å². The minimum absolute atomic E-state index is 0.0932. The molecule has 0 saturated carbocycles. The van der Waals surface area contributed by atoms with Crippen molar-refractivity contribution in [2.75, 3.05) is 24.4 Å². The van der Waals surface area contributed by atoms with Crippen LogP contribution in [-0.2, 0) is 19.6 Å². The lowest BCUT2D eigenvalue weighted by atomic mass is 10.2. The van der Waals surface area contributed by atoms with Gasteiger partial charge in [0.1, 0.15) is 11.6 Å². The summed E-state index contributed by atoms with van der Waals surface area (Å²) >= 11 is 1.64. The Balaban J connectivity index is 1.71. The summed E-state index contributed by atoms with van der Waals surface area (Å²) in [5.74, 6) is 1.23. The van der Waals surface area contributed by atoms with Gasteiger partial charge in [0, 0.05) is 23.2 Å². The van der Waals surface area contributed by atoms with Crippen LogP contribution in [0.15, 0.2) is 81.3 Å². The monoisotopic (exact) mass is 490 g/mol. The van der Waals surface area contributed by atoms with Gasteiger partial charge < -0.3 is 15.8 Å². The number of benzene rings is 2. The van der Waals surface area contributed by atoms with Gasteiger partial charge >= 0.3 is 11.4 Å². The fraction of sp³-hybridized carbons (Fsp3) is 0.200. The normalized spacial score (nSPS) is 10.8. The summed E-state index contributed by atoms with van der Waals surface area (Å²) in [4.78, 5) is 35.8. The molecule has 2 aromatic heterocycles. The zero-order valence-corrected chi connectivity index (χ0v) is 20.3. The quantitative estimate of drug-likeness (QED) is 0.344. The van der Waals surface area contributed by atoms with Crippen LogP contribution >= 0.6 is 11.8 Å². The Morgan fingerprint density at radius 1 is 0.971 bits per heavy atom. The molecule has 0 fully saturated rings. The summed E-state index contributed by atoms with van der Waals surface area (Å²) in [7, 11) is 1.58. The van der Waals surface area contributed by atoms with Crippen LogP contribution < -0.4 is 27.2 Å². The molecule has 9 nitrogen and oxygen atoms in total. The number of hydrogen-bond acceptors (Lipinski definition) is 8. The molecule has 0 aliphatic carbocycles. The van der Waals surface area contributed by atoms with Gasteiger partial charge in [0.2, 0.25) is 5.95 Å². The number of nitrogen functional groups attached to an aromatic ring is 1. The third kappa shape index (κ3) is 5.72. The number of ether oxygens (including phenoxy) is 1. The third-order valence-corrected chi connectivity index (χ3v) is 6.26. The number of anilines is 2. The minimum Gasteiger partial charge on any atom is -0.497 e. The molecule has 2 heterocycles. The molecule has 0 amide bonds. The number of thioether (sulfide) groups is 1. The molecule has 0 spiro atoms. The standard InChI is InChI=1S/C25H26N6O3S/c1-34-20-9-5-17(6-10-20)16-31-24(32)29-23(28-14-19-4-3-13-27-22(19)26)30(25(31)33)15-18-7-11-21(35-2)12-8-18/h3-13H,14-16H2,1-2H3,(H2,26,27)(H,28,29,32). The van der Waals surface area contributed by atoms with E-state index in [2.05, 4.69) is 15.3 Å². The molecule has 0 unspecified atom stereocenters. The Labute approximate surface area is 206 Å². The van der Waals surface area contributed by atoms with Gasteiger partial charge in [-0.1, -0.05) is 30.3 Å². The van der Waals surface area contributed by atoms with Crippen molar-refractivity contribution >= 4 is 23.5 Å². The maximum atomic E-state index is 13.5. The first-order valence-corrected chi connectivity index (χ1v) is 12.1. The van der Waals surface area contributed by atoms with Crippen molar-refractivity contribution in [1.29, 1.82) is 0 Å². The maximum absolute atomic E-state index is 13.5. The number of nitrogens with two attached hydrogens (primary N) is 1. The molecule has 10 heteroatoms. The summed E-state index contributed by atoms with van der Waals surface area (Å²) < 4.78 is 7.78. The van der Waals surface area contributed by atoms with Crippen LogP contribution in [0.5, 0.6) is 5.75 Å². The molecule has 180 valence electrons. The van der Waals surface area contributed by atoms with Crippen molar-refractivity contribution in [3.05, 3.63) is 105 Å². The van der Waals surface area contributed by atoms with Crippen molar-refractivity contribution in [3.63, 3.8) is 0 Å². The fourth-order valence-corrected chi connectivity index (χ4v) is 3.95. The lowest BCUT2D eigenvalue weighted by Crippen LogP contribution is -2.43. The third-order valence-electron chi connectivity index (χ3n) is 5.51. The molecule has 4 rings (SSSR count). The molecule has 0 atom stereocenters. The molecule has 35 heavy (non-hydrogen) atoms. The highest BCUT2D eigenvalue weighted by atomic mass is 32.2. The second kappa shape index (κ2) is 10.9. The van der Waals surface area contributed by atoms with E-state index in [-0.39, 0.29) is 25.6 Å². The van der Waals surface area contributed by atoms with Gasteiger partial charge in [-0.25, -0.2) is 19.1 Å². The molecule has 0 bridgehead atoms. The highest BCUT2D eigenvalue weighted by molar-refractivity contribution is 7.98. The minimum atomic E-state index is -0.638. The highest BCUT2D eigenvalue weighted by Crippen LogP contribution is 2.17. The van der Waals surface area contributed by atoms with Crippen molar-refractivity contribution in [2.24, 2.45) is 0 Å². The number of pyridine rings is 1. The number of hydrogen-bond donors (Lipinski definition) is 2. The molecule has 0 aliphatic heterocycles. The zero-order valence-electron chi connectivity index (χ0n) is 19.5. The summed E-state index contributed by atoms with van der Waals surface area (Å²) in [5, 5.41) is 3.10. The molecule has 0 radical (unpaired) electrons. The molecule has 0 saturated heterocycles. The molecule has 2 aromatic carbocycles. The van der Waals surface area contributed by atoms with Gasteiger partial charge in [0.25, 0.3) is 0 Å². The molecular formula is C25H26N6O3S. The SMILES string of the molecule is COc1ccc(Cn2c(=O)nc(NCc3cccnc3N)n(Cc3ccc(SC)cc3)c2=O)cc1. The van der Waals surface area contributed by atoms with E-state index in [4.69, 9.17) is 10.5 Å². The maximum Gasteiger partial charge on any atom is 0.355 e. The summed E-state index contributed by atoms with van der Waals surface area (Å²) in [6.07, 6.45) is 3.61. The zero-order chi connectivity index (χ0) is 24.8. The molecule has 3 N–H and O–H groups in total. The number of nitrogens with one attached hydrogen (secondary N) is 1. The average molecular weight is 491 g/mol. The number of rotatable bonds is 9. The Kier molecular flexibility index (Phi) is 7.51.